The second-order valence-corrected chi connectivity index (χ2v) is 6.09. The summed E-state index contributed by atoms with van der Waals surface area (Å²) in [6.07, 6.45) is 4.23. The average molecular weight is 327 g/mol. The van der Waals surface area contributed by atoms with E-state index < -0.39 is 4.92 Å². The number of benzene rings is 1. The van der Waals surface area contributed by atoms with Gasteiger partial charge in [-0.15, -0.1) is 0 Å². The molecule has 1 aliphatic rings. The maximum absolute atomic E-state index is 11.9. The number of rotatable bonds is 5. The molecule has 6 nitrogen and oxygen atoms in total. The van der Waals surface area contributed by atoms with E-state index in [2.05, 4.69) is 12.2 Å². The van der Waals surface area contributed by atoms with Crippen LogP contribution >= 0.6 is 11.6 Å². The van der Waals surface area contributed by atoms with Crippen LogP contribution in [0.1, 0.15) is 32.6 Å². The van der Waals surface area contributed by atoms with Crippen LogP contribution in [0.15, 0.2) is 18.2 Å². The Hall–Kier alpha value is -1.82. The van der Waals surface area contributed by atoms with Crippen molar-refractivity contribution in [3.8, 4) is 5.75 Å². The second kappa shape index (κ2) is 7.45. The normalized spacial score (nSPS) is 21.2. The van der Waals surface area contributed by atoms with Crippen LogP contribution in [-0.4, -0.2) is 23.5 Å². The zero-order valence-electron chi connectivity index (χ0n) is 12.4. The monoisotopic (exact) mass is 326 g/mol. The summed E-state index contributed by atoms with van der Waals surface area (Å²) in [6, 6.07) is 4.11. The molecule has 0 saturated heterocycles. The molecule has 1 fully saturated rings. The fourth-order valence-corrected chi connectivity index (χ4v) is 2.77. The fraction of sp³-hybridized carbons (Fsp3) is 0.533. The van der Waals surface area contributed by atoms with E-state index >= 15 is 0 Å². The first-order chi connectivity index (χ1) is 10.5. The van der Waals surface area contributed by atoms with Gasteiger partial charge in [0.1, 0.15) is 5.75 Å². The molecular formula is C15H19ClN2O4. The summed E-state index contributed by atoms with van der Waals surface area (Å²) in [5.74, 6) is 0.789. The molecule has 7 heteroatoms. The van der Waals surface area contributed by atoms with E-state index in [1.807, 2.05) is 0 Å². The highest BCUT2D eigenvalue weighted by molar-refractivity contribution is 6.32. The Balaban J connectivity index is 1.82. The summed E-state index contributed by atoms with van der Waals surface area (Å²) in [5, 5.41) is 13.7. The largest absolute Gasteiger partial charge is 0.482 e. The molecule has 0 unspecified atom stereocenters. The molecule has 1 N–H and O–H groups in total. The zero-order valence-corrected chi connectivity index (χ0v) is 13.1. The van der Waals surface area contributed by atoms with E-state index in [-0.39, 0.29) is 35.0 Å². The Morgan fingerprint density at radius 1 is 1.41 bits per heavy atom. The predicted molar refractivity (Wildman–Crippen MR) is 83.2 cm³/mol. The van der Waals surface area contributed by atoms with E-state index in [9.17, 15) is 14.9 Å². The van der Waals surface area contributed by atoms with Gasteiger partial charge >= 0.3 is 0 Å². The van der Waals surface area contributed by atoms with Crippen molar-refractivity contribution in [3.05, 3.63) is 33.3 Å². The van der Waals surface area contributed by atoms with E-state index in [0.29, 0.717) is 0 Å². The van der Waals surface area contributed by atoms with E-state index in [1.165, 1.54) is 18.2 Å². The number of non-ortho nitro benzene ring substituents is 1. The second-order valence-electron chi connectivity index (χ2n) is 5.68. The van der Waals surface area contributed by atoms with Crippen LogP contribution in [0.4, 0.5) is 5.69 Å². The number of amides is 1. The van der Waals surface area contributed by atoms with Crippen LogP contribution in [0.3, 0.4) is 0 Å². The average Bonchev–Trinajstić information content (AvgIpc) is 2.48. The van der Waals surface area contributed by atoms with Crippen LogP contribution in [0.25, 0.3) is 0 Å². The van der Waals surface area contributed by atoms with Gasteiger partial charge in [0.25, 0.3) is 11.6 Å². The van der Waals surface area contributed by atoms with Gasteiger partial charge in [-0.25, -0.2) is 0 Å². The molecule has 0 aliphatic heterocycles. The first-order valence-corrected chi connectivity index (χ1v) is 7.69. The summed E-state index contributed by atoms with van der Waals surface area (Å²) in [6.45, 7) is 2.07. The highest BCUT2D eigenvalue weighted by Gasteiger charge is 2.20. The molecule has 1 saturated carbocycles. The topological polar surface area (TPSA) is 81.5 Å². The fourth-order valence-electron chi connectivity index (χ4n) is 2.54. The molecule has 0 bridgehead atoms. The van der Waals surface area contributed by atoms with Gasteiger partial charge in [-0.05, 0) is 37.7 Å². The number of nitrogens with one attached hydrogen (secondary N) is 1. The molecule has 0 spiro atoms. The Labute approximate surface area is 133 Å². The Morgan fingerprint density at radius 2 is 2.09 bits per heavy atom. The minimum absolute atomic E-state index is 0.113. The molecule has 1 aliphatic carbocycles. The third kappa shape index (κ3) is 4.59. The summed E-state index contributed by atoms with van der Waals surface area (Å²) < 4.78 is 5.33. The van der Waals surface area contributed by atoms with Gasteiger partial charge in [-0.1, -0.05) is 18.5 Å². The van der Waals surface area contributed by atoms with Crippen molar-refractivity contribution in [3.63, 3.8) is 0 Å². The molecule has 0 atom stereocenters. The van der Waals surface area contributed by atoms with E-state index in [0.717, 1.165) is 31.6 Å². The zero-order chi connectivity index (χ0) is 16.1. The van der Waals surface area contributed by atoms with Gasteiger partial charge in [0.05, 0.1) is 9.95 Å². The molecule has 1 aromatic carbocycles. The van der Waals surface area contributed by atoms with Crippen molar-refractivity contribution in [2.45, 2.75) is 38.6 Å². The minimum atomic E-state index is -0.535. The Morgan fingerprint density at radius 3 is 2.68 bits per heavy atom. The van der Waals surface area contributed by atoms with Gasteiger partial charge in [-0.2, -0.15) is 0 Å². The highest BCUT2D eigenvalue weighted by atomic mass is 35.5. The number of hydrogen-bond donors (Lipinski definition) is 1. The Kier molecular flexibility index (Phi) is 5.60. The number of halogens is 1. The lowest BCUT2D eigenvalue weighted by atomic mass is 9.87. The molecule has 1 aromatic rings. The first kappa shape index (κ1) is 16.5. The maximum atomic E-state index is 11.9. The molecule has 0 radical (unpaired) electrons. The summed E-state index contributed by atoms with van der Waals surface area (Å²) in [5.41, 5.74) is -0.113. The van der Waals surface area contributed by atoms with Crippen LogP contribution in [0, 0.1) is 16.0 Å². The number of carbonyl (C=O) groups is 1. The first-order valence-electron chi connectivity index (χ1n) is 7.32. The Bertz CT molecular complexity index is 556. The van der Waals surface area contributed by atoms with Crippen LogP contribution in [-0.2, 0) is 4.79 Å². The maximum Gasteiger partial charge on any atom is 0.271 e. The summed E-state index contributed by atoms with van der Waals surface area (Å²) in [4.78, 5) is 21.9. The van der Waals surface area contributed by atoms with Crippen molar-refractivity contribution in [2.24, 2.45) is 5.92 Å². The SMILES string of the molecule is CC1CCC(NC(=O)COc2ccc([N+](=O)[O-])cc2Cl)CC1. The predicted octanol–water partition coefficient (Wildman–Crippen LogP) is 3.32. The van der Waals surface area contributed by atoms with E-state index in [4.69, 9.17) is 16.3 Å². The van der Waals surface area contributed by atoms with Gasteiger partial charge in [0.2, 0.25) is 0 Å². The van der Waals surface area contributed by atoms with Crippen molar-refractivity contribution in [1.29, 1.82) is 0 Å². The summed E-state index contributed by atoms with van der Waals surface area (Å²) in [7, 11) is 0. The van der Waals surface area contributed by atoms with Crippen molar-refractivity contribution in [1.82, 2.24) is 5.32 Å². The summed E-state index contributed by atoms with van der Waals surface area (Å²) >= 11 is 5.90. The lowest BCUT2D eigenvalue weighted by molar-refractivity contribution is -0.384. The number of nitrogens with zero attached hydrogens (tertiary/aromatic N) is 1. The number of ether oxygens (including phenoxy) is 1. The third-order valence-electron chi connectivity index (χ3n) is 3.87. The smallest absolute Gasteiger partial charge is 0.271 e. The number of carbonyl (C=O) groups excluding carboxylic acids is 1. The van der Waals surface area contributed by atoms with Crippen LogP contribution < -0.4 is 10.1 Å². The molecule has 22 heavy (non-hydrogen) atoms. The van der Waals surface area contributed by atoms with Crippen molar-refractivity contribution >= 4 is 23.2 Å². The molecule has 0 aromatic heterocycles. The van der Waals surface area contributed by atoms with E-state index in [1.54, 1.807) is 0 Å². The van der Waals surface area contributed by atoms with Gasteiger partial charge in [-0.3, -0.25) is 14.9 Å². The molecule has 120 valence electrons. The van der Waals surface area contributed by atoms with Crippen molar-refractivity contribution < 1.29 is 14.5 Å². The number of hydrogen-bond acceptors (Lipinski definition) is 4. The molecule has 2 rings (SSSR count). The van der Waals surface area contributed by atoms with Crippen LogP contribution in [0.2, 0.25) is 5.02 Å². The minimum Gasteiger partial charge on any atom is -0.482 e. The quantitative estimate of drug-likeness (QED) is 0.664. The molecular weight excluding hydrogens is 308 g/mol. The van der Waals surface area contributed by atoms with Gasteiger partial charge in [0.15, 0.2) is 6.61 Å². The van der Waals surface area contributed by atoms with Gasteiger partial charge in [0, 0.05) is 18.2 Å². The molecule has 1 amide bonds. The number of nitro benzene ring substituents is 1. The molecule has 0 heterocycles. The lowest BCUT2D eigenvalue weighted by Crippen LogP contribution is -2.39. The highest BCUT2D eigenvalue weighted by Crippen LogP contribution is 2.28. The lowest BCUT2D eigenvalue weighted by Gasteiger charge is -2.26. The third-order valence-corrected chi connectivity index (χ3v) is 4.16. The van der Waals surface area contributed by atoms with Crippen molar-refractivity contribution in [2.75, 3.05) is 6.61 Å². The van der Waals surface area contributed by atoms with Crippen LogP contribution in [0.5, 0.6) is 5.75 Å². The standard InChI is InChI=1S/C15H19ClN2O4/c1-10-2-4-11(5-3-10)17-15(19)9-22-14-7-6-12(18(20)21)8-13(14)16/h6-8,10-11H,2-5,9H2,1H3,(H,17,19). The number of nitro groups is 1. The van der Waals surface area contributed by atoms with Gasteiger partial charge < -0.3 is 10.1 Å².